The minimum Gasteiger partial charge on any atom is -0.411 e. The van der Waals surface area contributed by atoms with Gasteiger partial charge in [0.25, 0.3) is 11.1 Å². The molecule has 8 heteroatoms. The summed E-state index contributed by atoms with van der Waals surface area (Å²) < 4.78 is 18.5. The van der Waals surface area contributed by atoms with Crippen LogP contribution in [0.2, 0.25) is 0 Å². The molecule has 0 atom stereocenters. The van der Waals surface area contributed by atoms with Gasteiger partial charge < -0.3 is 14.7 Å². The van der Waals surface area contributed by atoms with Crippen LogP contribution in [0.3, 0.4) is 0 Å². The van der Waals surface area contributed by atoms with Crippen molar-refractivity contribution in [2.75, 3.05) is 12.3 Å². The monoisotopic (exact) mass is 396 g/mol. The zero-order valence-electron chi connectivity index (χ0n) is 14.8. The fourth-order valence-corrected chi connectivity index (χ4v) is 3.39. The normalized spacial score (nSPS) is 11.0. The van der Waals surface area contributed by atoms with Gasteiger partial charge in [0.1, 0.15) is 5.82 Å². The van der Waals surface area contributed by atoms with Crippen molar-refractivity contribution in [3.8, 4) is 11.5 Å². The zero-order chi connectivity index (χ0) is 19.3. The number of rotatable bonds is 7. The molecule has 0 aliphatic carbocycles. The van der Waals surface area contributed by atoms with Crippen molar-refractivity contribution in [3.63, 3.8) is 0 Å². The van der Waals surface area contributed by atoms with Crippen LogP contribution in [-0.2, 0) is 11.2 Å². The average Bonchev–Trinajstić information content (AvgIpc) is 3.34. The Morgan fingerprint density at radius 2 is 1.96 bits per heavy atom. The van der Waals surface area contributed by atoms with Gasteiger partial charge in [-0.2, -0.15) is 0 Å². The van der Waals surface area contributed by atoms with Crippen molar-refractivity contribution in [1.82, 2.24) is 20.5 Å². The lowest BCUT2D eigenvalue weighted by Crippen LogP contribution is -2.27. The lowest BCUT2D eigenvalue weighted by atomic mass is 10.1. The Hall–Kier alpha value is -3.13. The quantitative estimate of drug-likeness (QED) is 0.464. The summed E-state index contributed by atoms with van der Waals surface area (Å²) in [5.74, 6) is 0.199. The maximum atomic E-state index is 12.9. The highest BCUT2D eigenvalue weighted by Crippen LogP contribution is 2.29. The fraction of sp³-hybridized carbons (Fsp3) is 0.150. The minimum absolute atomic E-state index is 0.126. The molecule has 0 spiro atoms. The van der Waals surface area contributed by atoms with Crippen molar-refractivity contribution in [1.29, 1.82) is 0 Å². The molecule has 6 nitrogen and oxygen atoms in total. The second-order valence-corrected chi connectivity index (χ2v) is 7.06. The molecule has 1 amide bonds. The number of nitrogens with one attached hydrogen (secondary N) is 2. The summed E-state index contributed by atoms with van der Waals surface area (Å²) >= 11 is 1.19. The van der Waals surface area contributed by atoms with E-state index in [1.54, 1.807) is 12.1 Å². The highest BCUT2D eigenvalue weighted by Gasteiger charge is 2.14. The van der Waals surface area contributed by atoms with Gasteiger partial charge in [-0.15, -0.1) is 10.2 Å². The molecule has 0 aliphatic heterocycles. The van der Waals surface area contributed by atoms with E-state index in [9.17, 15) is 9.18 Å². The summed E-state index contributed by atoms with van der Waals surface area (Å²) in [6.07, 6.45) is 2.47. The molecule has 4 rings (SSSR count). The predicted molar refractivity (Wildman–Crippen MR) is 105 cm³/mol. The molecule has 2 heterocycles. The number of aromatic amines is 1. The number of aromatic nitrogens is 3. The van der Waals surface area contributed by atoms with Gasteiger partial charge in [0, 0.05) is 23.6 Å². The molecule has 0 unspecified atom stereocenters. The molecular weight excluding hydrogens is 379 g/mol. The number of para-hydroxylation sites is 1. The van der Waals surface area contributed by atoms with Crippen LogP contribution in [0, 0.1) is 5.82 Å². The van der Waals surface area contributed by atoms with Gasteiger partial charge in [0.15, 0.2) is 0 Å². The van der Waals surface area contributed by atoms with Gasteiger partial charge in [0.05, 0.1) is 11.3 Å². The summed E-state index contributed by atoms with van der Waals surface area (Å²) in [6.45, 7) is 0.482. The highest BCUT2D eigenvalue weighted by atomic mass is 32.2. The Kier molecular flexibility index (Phi) is 5.38. The highest BCUT2D eigenvalue weighted by molar-refractivity contribution is 7.99. The maximum absolute atomic E-state index is 12.9. The number of nitrogens with zero attached hydrogens (tertiary/aromatic N) is 2. The Bertz CT molecular complexity index is 1090. The number of carbonyl (C=O) groups excluding carboxylic acids is 1. The van der Waals surface area contributed by atoms with E-state index in [0.717, 1.165) is 22.0 Å². The molecule has 2 N–H and O–H groups in total. The number of thioether (sulfide) groups is 1. The molecular formula is C20H17FN4O2S. The predicted octanol–water partition coefficient (Wildman–Crippen LogP) is 3.81. The summed E-state index contributed by atoms with van der Waals surface area (Å²) in [5, 5.41) is 12.2. The van der Waals surface area contributed by atoms with E-state index in [4.69, 9.17) is 4.42 Å². The van der Waals surface area contributed by atoms with Crippen LogP contribution < -0.4 is 5.32 Å². The van der Waals surface area contributed by atoms with Crippen LogP contribution in [0.5, 0.6) is 0 Å². The molecule has 0 fully saturated rings. The van der Waals surface area contributed by atoms with Crippen molar-refractivity contribution < 1.29 is 13.6 Å². The van der Waals surface area contributed by atoms with Crippen molar-refractivity contribution in [2.45, 2.75) is 11.6 Å². The lowest BCUT2D eigenvalue weighted by molar-refractivity contribution is -0.118. The van der Waals surface area contributed by atoms with Crippen LogP contribution in [-0.4, -0.2) is 33.4 Å². The Labute approximate surface area is 164 Å². The second kappa shape index (κ2) is 8.26. The molecule has 4 aromatic rings. The van der Waals surface area contributed by atoms with Crippen LogP contribution >= 0.6 is 11.8 Å². The maximum Gasteiger partial charge on any atom is 0.277 e. The topological polar surface area (TPSA) is 83.8 Å². The first-order chi connectivity index (χ1) is 13.7. The molecule has 2 aromatic carbocycles. The van der Waals surface area contributed by atoms with Crippen molar-refractivity contribution in [3.05, 3.63) is 66.1 Å². The number of fused-ring (bicyclic) bond motifs is 1. The van der Waals surface area contributed by atoms with E-state index >= 15 is 0 Å². The Morgan fingerprint density at radius 3 is 2.82 bits per heavy atom. The summed E-state index contributed by atoms with van der Waals surface area (Å²) in [7, 11) is 0. The number of halogens is 1. The molecule has 2 aromatic heterocycles. The van der Waals surface area contributed by atoms with E-state index in [1.807, 2.05) is 30.5 Å². The van der Waals surface area contributed by atoms with Gasteiger partial charge in [0.2, 0.25) is 5.91 Å². The SMILES string of the molecule is O=C(CSc1nnc(-c2c[nH]c3ccccc23)o1)NCCc1ccc(F)cc1. The summed E-state index contributed by atoms with van der Waals surface area (Å²) in [5.41, 5.74) is 2.79. The molecule has 0 bridgehead atoms. The number of carbonyl (C=O) groups is 1. The Morgan fingerprint density at radius 1 is 1.14 bits per heavy atom. The number of hydrogen-bond donors (Lipinski definition) is 2. The first-order valence-corrected chi connectivity index (χ1v) is 9.71. The van der Waals surface area contributed by atoms with Crippen LogP contribution in [0.1, 0.15) is 5.56 Å². The second-order valence-electron chi connectivity index (χ2n) is 6.14. The largest absolute Gasteiger partial charge is 0.411 e. The zero-order valence-corrected chi connectivity index (χ0v) is 15.6. The average molecular weight is 396 g/mol. The molecule has 0 saturated heterocycles. The van der Waals surface area contributed by atoms with Crippen molar-refractivity contribution >= 4 is 28.6 Å². The van der Waals surface area contributed by atoms with Gasteiger partial charge in [-0.3, -0.25) is 4.79 Å². The molecule has 0 radical (unpaired) electrons. The first-order valence-electron chi connectivity index (χ1n) is 8.73. The third-order valence-corrected chi connectivity index (χ3v) is 5.02. The van der Waals surface area contributed by atoms with Gasteiger partial charge in [-0.25, -0.2) is 4.39 Å². The van der Waals surface area contributed by atoms with E-state index in [2.05, 4.69) is 20.5 Å². The van der Waals surface area contributed by atoms with E-state index in [0.29, 0.717) is 24.1 Å². The van der Waals surface area contributed by atoms with E-state index in [-0.39, 0.29) is 17.5 Å². The number of hydrogen-bond acceptors (Lipinski definition) is 5. The van der Waals surface area contributed by atoms with Crippen LogP contribution in [0.25, 0.3) is 22.4 Å². The first kappa shape index (κ1) is 18.2. The summed E-state index contributed by atoms with van der Waals surface area (Å²) in [6, 6.07) is 14.1. The van der Waals surface area contributed by atoms with Gasteiger partial charge >= 0.3 is 0 Å². The Balaban J connectivity index is 1.28. The van der Waals surface area contributed by atoms with Crippen molar-refractivity contribution in [2.24, 2.45) is 0 Å². The minimum atomic E-state index is -0.268. The van der Waals surface area contributed by atoms with E-state index in [1.165, 1.54) is 23.9 Å². The molecule has 142 valence electrons. The molecule has 28 heavy (non-hydrogen) atoms. The third kappa shape index (κ3) is 4.23. The van der Waals surface area contributed by atoms with Gasteiger partial charge in [-0.05, 0) is 30.2 Å². The standard InChI is InChI=1S/C20H17FN4O2S/c21-14-7-5-13(6-8-14)9-10-22-18(26)12-28-20-25-24-19(27-20)16-11-23-17-4-2-1-3-15(16)17/h1-8,11,23H,9-10,12H2,(H,22,26). The number of benzene rings is 2. The lowest BCUT2D eigenvalue weighted by Gasteiger charge is -2.04. The third-order valence-electron chi connectivity index (χ3n) is 4.20. The van der Waals surface area contributed by atoms with Crippen LogP contribution in [0.15, 0.2) is 64.4 Å². The summed E-state index contributed by atoms with van der Waals surface area (Å²) in [4.78, 5) is 15.2. The molecule has 0 aliphatic rings. The fourth-order valence-electron chi connectivity index (χ4n) is 2.80. The molecule has 0 saturated carbocycles. The van der Waals surface area contributed by atoms with E-state index < -0.39 is 0 Å². The number of H-pyrrole nitrogens is 1. The smallest absolute Gasteiger partial charge is 0.277 e. The van der Waals surface area contributed by atoms with Gasteiger partial charge in [-0.1, -0.05) is 42.1 Å². The van der Waals surface area contributed by atoms with Crippen LogP contribution in [0.4, 0.5) is 4.39 Å². The number of amides is 1.